The summed E-state index contributed by atoms with van der Waals surface area (Å²) in [7, 11) is 0. The molecule has 0 amide bonds. The minimum Gasteiger partial charge on any atom is -0.479 e. The molecule has 0 unspecified atom stereocenters. The molecule has 2 fully saturated rings. The van der Waals surface area contributed by atoms with Crippen molar-refractivity contribution in [2.45, 2.75) is 55.3 Å². The van der Waals surface area contributed by atoms with Crippen LogP contribution in [0.5, 0.6) is 0 Å². The molecule has 3 N–H and O–H groups in total. The highest BCUT2D eigenvalue weighted by atomic mass is 35.5. The summed E-state index contributed by atoms with van der Waals surface area (Å²) in [5.74, 6) is 1.47. The number of benzene rings is 1. The van der Waals surface area contributed by atoms with E-state index in [9.17, 15) is 20.1 Å². The molecule has 0 radical (unpaired) electrons. The second kappa shape index (κ2) is 10.8. The fourth-order valence-corrected chi connectivity index (χ4v) is 5.96. The minimum atomic E-state index is -2.23. The number of aliphatic hydroxyl groups excluding tert-OH is 1. The average molecular weight is 596 g/mol. The molecule has 0 spiro atoms. The van der Waals surface area contributed by atoms with Crippen LogP contribution in [0.15, 0.2) is 47.5 Å². The van der Waals surface area contributed by atoms with Crippen molar-refractivity contribution < 1.29 is 29.6 Å². The molecular formula is C28H26ClN5O6S. The van der Waals surface area contributed by atoms with Gasteiger partial charge in [0.1, 0.15) is 17.7 Å². The minimum absolute atomic E-state index is 0.0184. The van der Waals surface area contributed by atoms with Gasteiger partial charge in [-0.3, -0.25) is 4.57 Å². The van der Waals surface area contributed by atoms with E-state index in [0.29, 0.717) is 34.8 Å². The van der Waals surface area contributed by atoms with Crippen molar-refractivity contribution in [3.05, 3.63) is 69.8 Å². The number of terminal acetylenes is 1. The fraction of sp³-hybridized carbons (Fsp3) is 0.393. The number of imidazole rings is 1. The highest BCUT2D eigenvalue weighted by molar-refractivity contribution is 7.07. The maximum absolute atomic E-state index is 12.8. The molecule has 1 saturated carbocycles. The lowest BCUT2D eigenvalue weighted by molar-refractivity contribution is -0.179. The van der Waals surface area contributed by atoms with Crippen LogP contribution in [0.1, 0.15) is 36.0 Å². The number of carbonyl (C=O) groups is 1. The van der Waals surface area contributed by atoms with E-state index < -0.39 is 42.2 Å². The number of aliphatic hydroxyl groups is 2. The summed E-state index contributed by atoms with van der Waals surface area (Å²) >= 11 is 7.45. The molecule has 1 saturated heterocycles. The molecule has 1 aromatic carbocycles. The van der Waals surface area contributed by atoms with E-state index in [1.807, 2.05) is 6.07 Å². The Kier molecular flexibility index (Phi) is 7.27. The molecule has 4 heterocycles. The Labute approximate surface area is 243 Å². The number of carboxylic acids is 1. The first-order chi connectivity index (χ1) is 19.7. The van der Waals surface area contributed by atoms with Crippen molar-refractivity contribution in [3.8, 4) is 12.3 Å². The van der Waals surface area contributed by atoms with Gasteiger partial charge in [0.15, 0.2) is 17.5 Å². The fourth-order valence-electron chi connectivity index (χ4n) is 5.16. The first-order valence-electron chi connectivity index (χ1n) is 13.0. The zero-order chi connectivity index (χ0) is 28.8. The number of nitrogens with zero attached hydrogens (tertiary/aromatic N) is 5. The van der Waals surface area contributed by atoms with E-state index in [1.165, 1.54) is 27.7 Å². The zero-order valence-electron chi connectivity index (χ0n) is 21.6. The van der Waals surface area contributed by atoms with Gasteiger partial charge >= 0.3 is 5.97 Å². The highest BCUT2D eigenvalue weighted by Crippen LogP contribution is 2.41. The summed E-state index contributed by atoms with van der Waals surface area (Å²) in [6, 6.07) is 8.98. The van der Waals surface area contributed by atoms with Gasteiger partial charge in [-0.2, -0.15) is 4.98 Å². The van der Waals surface area contributed by atoms with Crippen molar-refractivity contribution >= 4 is 40.1 Å². The SMILES string of the molecule is C#C[C@@]1(O)[C@@H](CO[C@](Cc2ccccc2)(C(=O)O)c2cscn2)O[C@@H](n2cnc3c(CC4CC4)nc(Cl)nc32)[C@@H]1O. The van der Waals surface area contributed by atoms with E-state index in [1.54, 1.807) is 29.6 Å². The van der Waals surface area contributed by atoms with Crippen molar-refractivity contribution in [3.63, 3.8) is 0 Å². The van der Waals surface area contributed by atoms with E-state index in [4.69, 9.17) is 27.5 Å². The molecule has 41 heavy (non-hydrogen) atoms. The van der Waals surface area contributed by atoms with Crippen LogP contribution in [0.25, 0.3) is 11.2 Å². The van der Waals surface area contributed by atoms with Crippen LogP contribution < -0.4 is 0 Å². The van der Waals surface area contributed by atoms with Crippen LogP contribution in [0.4, 0.5) is 0 Å². The van der Waals surface area contributed by atoms with Crippen LogP contribution >= 0.6 is 22.9 Å². The monoisotopic (exact) mass is 595 g/mol. The number of ether oxygens (including phenoxy) is 2. The van der Waals surface area contributed by atoms with Crippen LogP contribution in [0.3, 0.4) is 0 Å². The molecule has 3 aromatic heterocycles. The smallest absolute Gasteiger partial charge is 0.342 e. The van der Waals surface area contributed by atoms with Crippen molar-refractivity contribution in [2.75, 3.05) is 6.61 Å². The van der Waals surface area contributed by atoms with Gasteiger partial charge in [0.2, 0.25) is 10.9 Å². The summed E-state index contributed by atoms with van der Waals surface area (Å²) < 4.78 is 13.6. The Bertz CT molecular complexity index is 1610. The topological polar surface area (TPSA) is 153 Å². The first-order valence-corrected chi connectivity index (χ1v) is 14.3. The average Bonchev–Trinajstić information content (AvgIpc) is 3.32. The Morgan fingerprint density at radius 3 is 2.73 bits per heavy atom. The Morgan fingerprint density at radius 1 is 1.29 bits per heavy atom. The molecule has 212 valence electrons. The number of halogens is 1. The molecule has 13 heteroatoms. The van der Waals surface area contributed by atoms with Crippen molar-refractivity contribution in [2.24, 2.45) is 5.92 Å². The number of hydrogen-bond donors (Lipinski definition) is 3. The lowest BCUT2D eigenvalue weighted by atomic mass is 9.90. The van der Waals surface area contributed by atoms with Crippen LogP contribution in [0.2, 0.25) is 5.28 Å². The molecule has 4 aromatic rings. The molecule has 2 aliphatic rings. The number of fused-ring (bicyclic) bond motifs is 1. The summed E-state index contributed by atoms with van der Waals surface area (Å²) in [5, 5.41) is 34.7. The zero-order valence-corrected chi connectivity index (χ0v) is 23.2. The molecule has 11 nitrogen and oxygen atoms in total. The number of carboxylic acid groups (broad SMARTS) is 1. The van der Waals surface area contributed by atoms with E-state index in [0.717, 1.165) is 12.8 Å². The van der Waals surface area contributed by atoms with Crippen LogP contribution in [-0.2, 0) is 32.7 Å². The van der Waals surface area contributed by atoms with Gasteiger partial charge in [-0.1, -0.05) is 36.3 Å². The Morgan fingerprint density at radius 2 is 2.07 bits per heavy atom. The third-order valence-electron chi connectivity index (χ3n) is 7.63. The third-order valence-corrected chi connectivity index (χ3v) is 8.39. The lowest BCUT2D eigenvalue weighted by Crippen LogP contribution is -2.50. The summed E-state index contributed by atoms with van der Waals surface area (Å²) in [5.41, 5.74) is -0.223. The standard InChI is InChI=1S/C28H26ClN5O6S/c1-2-27(38)20(12-39-28(25(36)37,19-13-41-15-31-19)11-17-6-4-3-5-7-17)40-24(22(27)35)34-14-30-21-18(10-16-8-9-16)32-26(29)33-23(21)34/h1,3-7,13-16,20,22,24,35,38H,8-12H2,(H,36,37)/t20-,22+,24-,27-,28+/m1/s1. The number of aromatic nitrogens is 5. The number of hydrogen-bond acceptors (Lipinski definition) is 10. The quantitative estimate of drug-likeness (QED) is 0.184. The first kappa shape index (κ1) is 27.7. The van der Waals surface area contributed by atoms with Gasteiger partial charge in [-0.15, -0.1) is 17.8 Å². The molecule has 1 aliphatic carbocycles. The molecule has 6 rings (SSSR count). The van der Waals surface area contributed by atoms with Crippen molar-refractivity contribution in [1.82, 2.24) is 24.5 Å². The predicted molar refractivity (Wildman–Crippen MR) is 148 cm³/mol. The molecule has 0 bridgehead atoms. The Hall–Kier alpha value is -3.44. The van der Waals surface area contributed by atoms with Gasteiger partial charge in [-0.05, 0) is 42.3 Å². The second-order valence-corrected chi connectivity index (χ2v) is 11.4. The van der Waals surface area contributed by atoms with Gasteiger partial charge < -0.3 is 24.8 Å². The number of thiazole rings is 1. The van der Waals surface area contributed by atoms with Crippen molar-refractivity contribution in [1.29, 1.82) is 0 Å². The normalized spacial score (nSPS) is 25.7. The molecule has 5 atom stereocenters. The predicted octanol–water partition coefficient (Wildman–Crippen LogP) is 2.75. The number of rotatable bonds is 10. The summed E-state index contributed by atoms with van der Waals surface area (Å²) in [4.78, 5) is 30.1. The highest BCUT2D eigenvalue weighted by Gasteiger charge is 2.57. The molecular weight excluding hydrogens is 570 g/mol. The summed E-state index contributed by atoms with van der Waals surface area (Å²) in [6.07, 6.45) is 5.82. The van der Waals surface area contributed by atoms with Crippen LogP contribution in [-0.4, -0.2) is 70.2 Å². The largest absolute Gasteiger partial charge is 0.479 e. The van der Waals surface area contributed by atoms with Gasteiger partial charge in [-0.25, -0.2) is 19.7 Å². The Balaban J connectivity index is 1.32. The van der Waals surface area contributed by atoms with Crippen LogP contribution in [0, 0.1) is 18.3 Å². The van der Waals surface area contributed by atoms with E-state index in [-0.39, 0.29) is 17.4 Å². The van der Waals surface area contributed by atoms with E-state index in [2.05, 4.69) is 25.9 Å². The third kappa shape index (κ3) is 4.99. The number of aliphatic carboxylic acids is 1. The maximum Gasteiger partial charge on any atom is 0.342 e. The summed E-state index contributed by atoms with van der Waals surface area (Å²) in [6.45, 7) is -0.472. The lowest BCUT2D eigenvalue weighted by Gasteiger charge is -2.32. The maximum atomic E-state index is 12.8. The van der Waals surface area contributed by atoms with Gasteiger partial charge in [0.05, 0.1) is 29.8 Å². The van der Waals surface area contributed by atoms with E-state index >= 15 is 0 Å². The molecule has 1 aliphatic heterocycles. The van der Waals surface area contributed by atoms with Gasteiger partial charge in [0, 0.05) is 11.8 Å². The van der Waals surface area contributed by atoms with Gasteiger partial charge in [0.25, 0.3) is 0 Å². The second-order valence-electron chi connectivity index (χ2n) is 10.3.